The van der Waals surface area contributed by atoms with Gasteiger partial charge in [0.1, 0.15) is 0 Å². The van der Waals surface area contributed by atoms with Gasteiger partial charge in [-0.2, -0.15) is 5.10 Å². The topological polar surface area (TPSA) is 40.7 Å². The molecule has 0 saturated carbocycles. The Hall–Kier alpha value is -2.29. The zero-order chi connectivity index (χ0) is 14.1. The lowest BCUT2D eigenvalue weighted by molar-refractivity contribution is 0.644. The van der Waals surface area contributed by atoms with Gasteiger partial charge in [-0.15, -0.1) is 0 Å². The van der Waals surface area contributed by atoms with Crippen molar-refractivity contribution in [3.63, 3.8) is 0 Å². The Bertz CT molecular complexity index is 760. The highest BCUT2D eigenvalue weighted by atomic mass is 15.1. The predicted molar refractivity (Wildman–Crippen MR) is 86.5 cm³/mol. The van der Waals surface area contributed by atoms with Crippen molar-refractivity contribution < 1.29 is 0 Å². The molecule has 4 rings (SSSR count). The van der Waals surface area contributed by atoms with Crippen LogP contribution in [0.25, 0.3) is 10.9 Å². The number of nitrogens with one attached hydrogen (secondary N) is 2. The molecule has 3 nitrogen and oxygen atoms in total. The molecule has 1 aromatic heterocycles. The van der Waals surface area contributed by atoms with Crippen molar-refractivity contribution in [2.75, 3.05) is 5.32 Å². The van der Waals surface area contributed by atoms with Crippen molar-refractivity contribution in [3.8, 4) is 0 Å². The van der Waals surface area contributed by atoms with Crippen LogP contribution in [0.2, 0.25) is 0 Å². The fourth-order valence-electron chi connectivity index (χ4n) is 3.35. The molecular formula is C18H19N3. The third-order valence-electron chi connectivity index (χ3n) is 4.43. The lowest BCUT2D eigenvalue weighted by Gasteiger charge is -2.21. The van der Waals surface area contributed by atoms with Gasteiger partial charge < -0.3 is 5.32 Å². The van der Waals surface area contributed by atoms with Crippen molar-refractivity contribution in [2.45, 2.75) is 31.7 Å². The van der Waals surface area contributed by atoms with E-state index in [1.807, 2.05) is 6.20 Å². The van der Waals surface area contributed by atoms with Crippen LogP contribution in [0.5, 0.6) is 0 Å². The number of H-pyrrole nitrogens is 1. The number of aromatic amines is 1. The van der Waals surface area contributed by atoms with Gasteiger partial charge in [0.25, 0.3) is 0 Å². The van der Waals surface area contributed by atoms with Crippen LogP contribution < -0.4 is 5.32 Å². The summed E-state index contributed by atoms with van der Waals surface area (Å²) in [4.78, 5) is 0. The Balaban J connectivity index is 1.72. The van der Waals surface area contributed by atoms with E-state index in [1.165, 1.54) is 36.8 Å². The lowest BCUT2D eigenvalue weighted by Crippen LogP contribution is -2.11. The summed E-state index contributed by atoms with van der Waals surface area (Å²) in [6.07, 6.45) is 6.81. The number of nitrogens with zero attached hydrogens (tertiary/aromatic N) is 1. The van der Waals surface area contributed by atoms with Crippen LogP contribution in [-0.4, -0.2) is 10.2 Å². The number of rotatable bonds is 2. The number of benzene rings is 2. The van der Waals surface area contributed by atoms with Crippen molar-refractivity contribution in [1.82, 2.24) is 10.2 Å². The average molecular weight is 277 g/mol. The SMILES string of the molecule is c1ccc2c(c1)CCCCC2Nc1cccc2cn[nH]c12. The number of fused-ring (bicyclic) bond motifs is 2. The maximum atomic E-state index is 4.15. The molecule has 1 unspecified atom stereocenters. The molecule has 0 bridgehead atoms. The molecule has 1 aliphatic rings. The van der Waals surface area contributed by atoms with E-state index in [9.17, 15) is 0 Å². The Morgan fingerprint density at radius 1 is 1.05 bits per heavy atom. The average Bonchev–Trinajstić information content (AvgIpc) is 2.91. The Morgan fingerprint density at radius 2 is 2.00 bits per heavy atom. The molecule has 1 aliphatic carbocycles. The van der Waals surface area contributed by atoms with Crippen molar-refractivity contribution in [3.05, 3.63) is 59.8 Å². The lowest BCUT2D eigenvalue weighted by atomic mass is 9.99. The van der Waals surface area contributed by atoms with Gasteiger partial charge in [-0.25, -0.2) is 0 Å². The van der Waals surface area contributed by atoms with E-state index in [-0.39, 0.29) is 0 Å². The Kier molecular flexibility index (Phi) is 3.11. The zero-order valence-electron chi connectivity index (χ0n) is 12.0. The van der Waals surface area contributed by atoms with E-state index in [0.717, 1.165) is 16.6 Å². The van der Waals surface area contributed by atoms with Crippen LogP contribution in [-0.2, 0) is 6.42 Å². The normalized spacial score (nSPS) is 18.2. The molecular weight excluding hydrogens is 258 g/mol. The number of hydrogen-bond donors (Lipinski definition) is 2. The smallest absolute Gasteiger partial charge is 0.0881 e. The van der Waals surface area contributed by atoms with Crippen molar-refractivity contribution in [1.29, 1.82) is 0 Å². The molecule has 1 atom stereocenters. The summed E-state index contributed by atoms with van der Waals surface area (Å²) >= 11 is 0. The van der Waals surface area contributed by atoms with Crippen LogP contribution in [0, 0.1) is 0 Å². The summed E-state index contributed by atoms with van der Waals surface area (Å²) in [7, 11) is 0. The number of para-hydroxylation sites is 1. The van der Waals surface area contributed by atoms with E-state index in [1.54, 1.807) is 0 Å². The summed E-state index contributed by atoms with van der Waals surface area (Å²) in [5.41, 5.74) is 5.18. The van der Waals surface area contributed by atoms with E-state index in [4.69, 9.17) is 0 Å². The minimum absolute atomic E-state index is 0.387. The molecule has 2 N–H and O–H groups in total. The second kappa shape index (κ2) is 5.24. The van der Waals surface area contributed by atoms with Crippen LogP contribution in [0.4, 0.5) is 5.69 Å². The maximum Gasteiger partial charge on any atom is 0.0881 e. The standard InChI is InChI=1S/C18H19N3/c1-3-9-15-13(6-1)7-2-4-10-16(15)20-17-11-5-8-14-12-19-21-18(14)17/h1,3,5-6,8-9,11-12,16,20H,2,4,7,10H2,(H,19,21). The first kappa shape index (κ1) is 12.5. The van der Waals surface area contributed by atoms with Gasteiger partial charge in [-0.1, -0.05) is 42.8 Å². The molecule has 106 valence electrons. The summed E-state index contributed by atoms with van der Waals surface area (Å²) in [5, 5.41) is 12.1. The highest BCUT2D eigenvalue weighted by Gasteiger charge is 2.18. The first-order chi connectivity index (χ1) is 10.4. The molecule has 0 radical (unpaired) electrons. The quantitative estimate of drug-likeness (QED) is 0.680. The monoisotopic (exact) mass is 277 g/mol. The number of hydrogen-bond acceptors (Lipinski definition) is 2. The van der Waals surface area contributed by atoms with Gasteiger partial charge in [-0.3, -0.25) is 5.10 Å². The second-order valence-corrected chi connectivity index (χ2v) is 5.78. The summed E-state index contributed by atoms with van der Waals surface area (Å²) < 4.78 is 0. The number of anilines is 1. The zero-order valence-corrected chi connectivity index (χ0v) is 12.0. The fourth-order valence-corrected chi connectivity index (χ4v) is 3.35. The largest absolute Gasteiger partial charge is 0.376 e. The third kappa shape index (κ3) is 2.29. The molecule has 21 heavy (non-hydrogen) atoms. The van der Waals surface area contributed by atoms with E-state index < -0.39 is 0 Å². The third-order valence-corrected chi connectivity index (χ3v) is 4.43. The van der Waals surface area contributed by atoms with Crippen LogP contribution >= 0.6 is 0 Å². The van der Waals surface area contributed by atoms with Crippen LogP contribution in [0.1, 0.15) is 36.4 Å². The molecule has 3 aromatic rings. The first-order valence-electron chi connectivity index (χ1n) is 7.68. The highest BCUT2D eigenvalue weighted by molar-refractivity contribution is 5.90. The molecule has 1 heterocycles. The minimum atomic E-state index is 0.387. The Morgan fingerprint density at radius 3 is 3.00 bits per heavy atom. The summed E-state index contributed by atoms with van der Waals surface area (Å²) in [6.45, 7) is 0. The molecule has 0 saturated heterocycles. The van der Waals surface area contributed by atoms with Gasteiger partial charge in [0.05, 0.1) is 23.4 Å². The summed E-state index contributed by atoms with van der Waals surface area (Å²) in [5.74, 6) is 0. The van der Waals surface area contributed by atoms with Gasteiger partial charge in [0.2, 0.25) is 0 Å². The highest BCUT2D eigenvalue weighted by Crippen LogP contribution is 2.33. The number of aromatic nitrogens is 2. The van der Waals surface area contributed by atoms with Gasteiger partial charge in [0.15, 0.2) is 0 Å². The molecule has 0 fully saturated rings. The fraction of sp³-hybridized carbons (Fsp3) is 0.278. The number of aryl methyl sites for hydroxylation is 1. The van der Waals surface area contributed by atoms with Crippen LogP contribution in [0.15, 0.2) is 48.7 Å². The second-order valence-electron chi connectivity index (χ2n) is 5.78. The molecule has 0 spiro atoms. The summed E-state index contributed by atoms with van der Waals surface area (Å²) in [6, 6.07) is 15.5. The van der Waals surface area contributed by atoms with Gasteiger partial charge in [-0.05, 0) is 36.5 Å². The van der Waals surface area contributed by atoms with Crippen LogP contribution in [0.3, 0.4) is 0 Å². The van der Waals surface area contributed by atoms with Gasteiger partial charge in [0, 0.05) is 5.39 Å². The van der Waals surface area contributed by atoms with Crippen molar-refractivity contribution >= 4 is 16.6 Å². The maximum absolute atomic E-state index is 4.15. The van der Waals surface area contributed by atoms with E-state index >= 15 is 0 Å². The van der Waals surface area contributed by atoms with Gasteiger partial charge >= 0.3 is 0 Å². The molecule has 0 amide bonds. The van der Waals surface area contributed by atoms with Crippen molar-refractivity contribution in [2.24, 2.45) is 0 Å². The predicted octanol–water partition coefficient (Wildman–Crippen LogP) is 4.44. The first-order valence-corrected chi connectivity index (χ1v) is 7.68. The molecule has 0 aliphatic heterocycles. The van der Waals surface area contributed by atoms with E-state index in [0.29, 0.717) is 6.04 Å². The Labute approximate surface area is 124 Å². The minimum Gasteiger partial charge on any atom is -0.376 e. The molecule has 3 heteroatoms. The molecule has 2 aromatic carbocycles. The van der Waals surface area contributed by atoms with E-state index in [2.05, 4.69) is 58.0 Å².